The van der Waals surface area contributed by atoms with E-state index in [2.05, 4.69) is 9.97 Å². The first kappa shape index (κ1) is 10.6. The van der Waals surface area contributed by atoms with E-state index in [0.717, 1.165) is 0 Å². The number of aryl methyl sites for hydroxylation is 1. The highest BCUT2D eigenvalue weighted by atomic mass is 16.3. The number of nitrogens with one attached hydrogen (secondary N) is 2. The number of aromatic nitrogens is 2. The van der Waals surface area contributed by atoms with Crippen molar-refractivity contribution in [1.29, 1.82) is 0 Å². The molecule has 0 saturated carbocycles. The van der Waals surface area contributed by atoms with Gasteiger partial charge in [-0.25, -0.2) is 4.79 Å². The maximum Gasteiger partial charge on any atom is 0.323 e. The van der Waals surface area contributed by atoms with E-state index in [1.165, 1.54) is 6.26 Å². The van der Waals surface area contributed by atoms with Gasteiger partial charge in [0.25, 0.3) is 0 Å². The van der Waals surface area contributed by atoms with E-state index in [1.807, 2.05) is 0 Å². The molecular weight excluding hydrogens is 232 g/mol. The van der Waals surface area contributed by atoms with Crippen LogP contribution >= 0.6 is 0 Å². The van der Waals surface area contributed by atoms with Crippen LogP contribution in [0.25, 0.3) is 11.0 Å². The molecule has 5 heteroatoms. The van der Waals surface area contributed by atoms with Crippen LogP contribution in [0.15, 0.2) is 39.7 Å². The van der Waals surface area contributed by atoms with Crippen LogP contribution < -0.4 is 5.69 Å². The molecule has 0 fully saturated rings. The third-order valence-corrected chi connectivity index (χ3v) is 2.77. The molecular formula is C13H10N2O3. The zero-order valence-corrected chi connectivity index (χ0v) is 9.61. The molecule has 3 aromatic rings. The van der Waals surface area contributed by atoms with Gasteiger partial charge >= 0.3 is 5.69 Å². The second-order valence-electron chi connectivity index (χ2n) is 4.11. The van der Waals surface area contributed by atoms with E-state index >= 15 is 0 Å². The number of H-pyrrole nitrogens is 2. The Morgan fingerprint density at radius 1 is 1.11 bits per heavy atom. The fourth-order valence-corrected chi connectivity index (χ4v) is 1.90. The molecule has 0 spiro atoms. The predicted octanol–water partition coefficient (Wildman–Crippen LogP) is 1.99. The minimum atomic E-state index is -0.284. The molecule has 18 heavy (non-hydrogen) atoms. The van der Waals surface area contributed by atoms with Gasteiger partial charge in [0.05, 0.1) is 16.6 Å². The Balaban J connectivity index is 2.08. The number of rotatable bonds is 2. The monoisotopic (exact) mass is 242 g/mol. The number of ketones is 1. The molecule has 0 saturated heterocycles. The molecule has 3 rings (SSSR count). The summed E-state index contributed by atoms with van der Waals surface area (Å²) in [5.74, 6) is 0.560. The SMILES string of the molecule is Cc1cc(C(=O)c2ccc3[nH]c(=O)[nH]c3c2)co1. The van der Waals surface area contributed by atoms with E-state index in [4.69, 9.17) is 4.42 Å². The number of hydrogen-bond acceptors (Lipinski definition) is 3. The molecule has 0 radical (unpaired) electrons. The minimum absolute atomic E-state index is 0.129. The number of imidazole rings is 1. The topological polar surface area (TPSA) is 78.9 Å². The molecule has 2 aromatic heterocycles. The van der Waals surface area contributed by atoms with Crippen molar-refractivity contribution in [1.82, 2.24) is 9.97 Å². The lowest BCUT2D eigenvalue weighted by atomic mass is 10.1. The molecule has 0 unspecified atom stereocenters. The molecule has 2 N–H and O–H groups in total. The van der Waals surface area contributed by atoms with Crippen LogP contribution in [-0.4, -0.2) is 15.8 Å². The Hall–Kier alpha value is -2.56. The fraction of sp³-hybridized carbons (Fsp3) is 0.0769. The number of hydrogen-bond donors (Lipinski definition) is 2. The van der Waals surface area contributed by atoms with Crippen LogP contribution in [0.1, 0.15) is 21.7 Å². The number of aromatic amines is 2. The summed E-state index contributed by atoms with van der Waals surface area (Å²) in [7, 11) is 0. The normalized spacial score (nSPS) is 10.9. The van der Waals surface area contributed by atoms with Gasteiger partial charge in [-0.3, -0.25) is 4.79 Å². The Morgan fingerprint density at radius 3 is 2.61 bits per heavy atom. The van der Waals surface area contributed by atoms with Crippen molar-refractivity contribution >= 4 is 16.8 Å². The first-order valence-corrected chi connectivity index (χ1v) is 5.45. The second-order valence-corrected chi connectivity index (χ2v) is 4.11. The first-order valence-electron chi connectivity index (χ1n) is 5.45. The summed E-state index contributed by atoms with van der Waals surface area (Å²) in [6.45, 7) is 1.78. The van der Waals surface area contributed by atoms with Gasteiger partial charge < -0.3 is 14.4 Å². The zero-order valence-electron chi connectivity index (χ0n) is 9.61. The van der Waals surface area contributed by atoms with Crippen molar-refractivity contribution in [2.75, 3.05) is 0 Å². The molecule has 0 amide bonds. The smallest absolute Gasteiger partial charge is 0.323 e. The Morgan fingerprint density at radius 2 is 1.89 bits per heavy atom. The largest absolute Gasteiger partial charge is 0.469 e. The van der Waals surface area contributed by atoms with Crippen molar-refractivity contribution in [3.63, 3.8) is 0 Å². The molecule has 2 heterocycles. The fourth-order valence-electron chi connectivity index (χ4n) is 1.90. The molecule has 0 bridgehead atoms. The minimum Gasteiger partial charge on any atom is -0.469 e. The predicted molar refractivity (Wildman–Crippen MR) is 65.8 cm³/mol. The van der Waals surface area contributed by atoms with Crippen molar-refractivity contribution in [2.24, 2.45) is 0 Å². The molecule has 0 aliphatic carbocycles. The van der Waals surface area contributed by atoms with Crippen LogP contribution in [-0.2, 0) is 0 Å². The van der Waals surface area contributed by atoms with Crippen LogP contribution in [0.2, 0.25) is 0 Å². The molecule has 0 aliphatic rings. The number of fused-ring (bicyclic) bond motifs is 1. The Bertz CT molecular complexity index is 792. The summed E-state index contributed by atoms with van der Waals surface area (Å²) in [4.78, 5) is 28.5. The lowest BCUT2D eigenvalue weighted by molar-refractivity contribution is 0.103. The van der Waals surface area contributed by atoms with Crippen molar-refractivity contribution < 1.29 is 9.21 Å². The quantitative estimate of drug-likeness (QED) is 0.674. The van der Waals surface area contributed by atoms with Crippen molar-refractivity contribution in [3.8, 4) is 0 Å². The summed E-state index contributed by atoms with van der Waals surface area (Å²) >= 11 is 0. The van der Waals surface area contributed by atoms with Crippen LogP contribution in [0, 0.1) is 6.92 Å². The van der Waals surface area contributed by atoms with E-state index < -0.39 is 0 Å². The van der Waals surface area contributed by atoms with Crippen LogP contribution in [0.4, 0.5) is 0 Å². The number of furan rings is 1. The third kappa shape index (κ3) is 1.66. The second kappa shape index (κ2) is 3.73. The van der Waals surface area contributed by atoms with Gasteiger partial charge in [0, 0.05) is 5.56 Å². The van der Waals surface area contributed by atoms with E-state index in [9.17, 15) is 9.59 Å². The first-order chi connectivity index (χ1) is 8.63. The summed E-state index contributed by atoms with van der Waals surface area (Å²) in [5, 5.41) is 0. The highest BCUT2D eigenvalue weighted by Gasteiger charge is 2.12. The highest BCUT2D eigenvalue weighted by molar-refractivity contribution is 6.10. The van der Waals surface area contributed by atoms with Gasteiger partial charge in [-0.15, -0.1) is 0 Å². The van der Waals surface area contributed by atoms with Crippen molar-refractivity contribution in [2.45, 2.75) is 6.92 Å². The maximum absolute atomic E-state index is 12.1. The summed E-state index contributed by atoms with van der Waals surface area (Å²) in [6, 6.07) is 6.72. The lowest BCUT2D eigenvalue weighted by Gasteiger charge is -1.97. The summed E-state index contributed by atoms with van der Waals surface area (Å²) in [6.07, 6.45) is 1.43. The molecule has 0 atom stereocenters. The van der Waals surface area contributed by atoms with Gasteiger partial charge in [0.1, 0.15) is 12.0 Å². The highest BCUT2D eigenvalue weighted by Crippen LogP contribution is 2.16. The van der Waals surface area contributed by atoms with Crippen LogP contribution in [0.3, 0.4) is 0 Å². The molecule has 1 aromatic carbocycles. The average Bonchev–Trinajstić information content (AvgIpc) is 2.92. The van der Waals surface area contributed by atoms with Gasteiger partial charge in [-0.2, -0.15) is 0 Å². The Labute approximate surface area is 101 Å². The van der Waals surface area contributed by atoms with Crippen LogP contribution in [0.5, 0.6) is 0 Å². The van der Waals surface area contributed by atoms with Gasteiger partial charge in [-0.05, 0) is 31.2 Å². The number of carbonyl (C=O) groups excluding carboxylic acids is 1. The van der Waals surface area contributed by atoms with E-state index in [-0.39, 0.29) is 11.5 Å². The summed E-state index contributed by atoms with van der Waals surface area (Å²) in [5.41, 5.74) is 2.03. The average molecular weight is 242 g/mol. The summed E-state index contributed by atoms with van der Waals surface area (Å²) < 4.78 is 5.11. The standard InChI is InChI=1S/C13H10N2O3/c1-7-4-9(6-18-7)12(16)8-2-3-10-11(5-8)15-13(17)14-10/h2-6H,1H3,(H2,14,15,17). The van der Waals surface area contributed by atoms with Gasteiger partial charge in [0.15, 0.2) is 5.78 Å². The van der Waals surface area contributed by atoms with Gasteiger partial charge in [0.2, 0.25) is 0 Å². The third-order valence-electron chi connectivity index (χ3n) is 2.77. The van der Waals surface area contributed by atoms with E-state index in [0.29, 0.717) is 27.9 Å². The lowest BCUT2D eigenvalue weighted by Crippen LogP contribution is -2.00. The molecule has 0 aliphatic heterocycles. The molecule has 90 valence electrons. The van der Waals surface area contributed by atoms with E-state index in [1.54, 1.807) is 31.2 Å². The Kier molecular flexibility index (Phi) is 2.19. The van der Waals surface area contributed by atoms with Crippen molar-refractivity contribution in [3.05, 3.63) is 57.9 Å². The number of carbonyl (C=O) groups is 1. The zero-order chi connectivity index (χ0) is 12.7. The molecule has 5 nitrogen and oxygen atoms in total. The maximum atomic E-state index is 12.1. The van der Waals surface area contributed by atoms with Gasteiger partial charge in [-0.1, -0.05) is 0 Å². The number of benzene rings is 1.